The molecule has 104 valence electrons. The predicted molar refractivity (Wildman–Crippen MR) is 87.7 cm³/mol. The van der Waals surface area contributed by atoms with E-state index >= 15 is 0 Å². The topological polar surface area (TPSA) is 0 Å². The smallest absolute Gasteiger partial charge is 0.00172 e. The minimum Gasteiger partial charge on any atom is -0.176 e. The summed E-state index contributed by atoms with van der Waals surface area (Å²) in [6.07, 6.45) is 15.0. The van der Waals surface area contributed by atoms with E-state index in [9.17, 15) is 0 Å². The summed E-state index contributed by atoms with van der Waals surface area (Å²) in [4.78, 5) is 0. The lowest BCUT2D eigenvalue weighted by molar-refractivity contribution is 0.550. The summed E-state index contributed by atoms with van der Waals surface area (Å²) in [5, 5.41) is 1.13. The molecule has 0 saturated carbocycles. The molecule has 0 aromatic carbocycles. The van der Waals surface area contributed by atoms with E-state index in [0.29, 0.717) is 10.5 Å². The van der Waals surface area contributed by atoms with Crippen LogP contribution in [0.1, 0.15) is 84.5 Å². The van der Waals surface area contributed by atoms with Crippen LogP contribution in [0, 0.1) is 0 Å². The fraction of sp³-hybridized carbons (Fsp3) is 1.00. The largest absolute Gasteiger partial charge is 0.176 e. The van der Waals surface area contributed by atoms with Gasteiger partial charge in [0.1, 0.15) is 0 Å². The third-order valence-electron chi connectivity index (χ3n) is 3.31. The molecule has 0 heterocycles. The van der Waals surface area contributed by atoms with Crippen LogP contribution in [0.4, 0.5) is 0 Å². The van der Waals surface area contributed by atoms with Crippen molar-refractivity contribution in [1.82, 2.24) is 0 Å². The first-order chi connectivity index (χ1) is 8.16. The quantitative estimate of drug-likeness (QED) is 0.321. The van der Waals surface area contributed by atoms with Gasteiger partial charge in [-0.15, -0.1) is 0 Å². The molecule has 0 saturated heterocycles. The molecule has 0 aliphatic heterocycles. The van der Waals surface area contributed by atoms with E-state index in [2.05, 4.69) is 39.1 Å². The van der Waals surface area contributed by atoms with Crippen molar-refractivity contribution in [3.05, 3.63) is 0 Å². The molecule has 0 spiro atoms. The van der Waals surface area contributed by atoms with Crippen LogP contribution in [0.3, 0.4) is 0 Å². The molecule has 2 atom stereocenters. The second-order valence-corrected chi connectivity index (χ2v) is 6.96. The average molecular weight is 277 g/mol. The molecule has 0 aromatic rings. The summed E-state index contributed by atoms with van der Waals surface area (Å²) in [5.74, 6) is 0. The average Bonchev–Trinajstić information content (AvgIpc) is 2.30. The molecule has 0 amide bonds. The van der Waals surface area contributed by atoms with Crippen molar-refractivity contribution in [3.8, 4) is 0 Å². The molecule has 2 unspecified atom stereocenters. The first-order valence-electron chi connectivity index (χ1n) is 7.53. The maximum absolute atomic E-state index is 4.64. The zero-order valence-corrected chi connectivity index (χ0v) is 13.6. The Morgan fingerprint density at radius 3 is 1.76 bits per heavy atom. The summed E-state index contributed by atoms with van der Waals surface area (Å²) in [7, 11) is 0. The van der Waals surface area contributed by atoms with Crippen LogP contribution in [-0.2, 0) is 0 Å². The zero-order valence-electron chi connectivity index (χ0n) is 11.8. The van der Waals surface area contributed by atoms with E-state index in [1.54, 1.807) is 0 Å². The predicted octanol–water partition coefficient (Wildman–Crippen LogP) is 5.91. The van der Waals surface area contributed by atoms with E-state index in [1.807, 2.05) is 0 Å². The molecule has 2 heteroatoms. The van der Waals surface area contributed by atoms with Crippen LogP contribution in [-0.4, -0.2) is 10.5 Å². The minimum absolute atomic E-state index is 0.531. The van der Waals surface area contributed by atoms with Crippen LogP contribution in [0.2, 0.25) is 0 Å². The second kappa shape index (κ2) is 13.1. The molecule has 0 nitrogen and oxygen atoms in total. The van der Waals surface area contributed by atoms with E-state index in [4.69, 9.17) is 0 Å². The number of hydrogen-bond acceptors (Lipinski definition) is 2. The maximum atomic E-state index is 4.64. The highest BCUT2D eigenvalue weighted by Gasteiger charge is 2.04. The molecule has 0 bridgehead atoms. The van der Waals surface area contributed by atoms with Crippen molar-refractivity contribution in [2.75, 3.05) is 0 Å². The molecular formula is C15H32S2. The Bertz CT molecular complexity index is 146. The summed E-state index contributed by atoms with van der Waals surface area (Å²) < 4.78 is 0. The van der Waals surface area contributed by atoms with Crippen molar-refractivity contribution in [1.29, 1.82) is 0 Å². The Labute approximate surface area is 120 Å². The summed E-state index contributed by atoms with van der Waals surface area (Å²) in [5.41, 5.74) is 0. The van der Waals surface area contributed by atoms with Gasteiger partial charge in [-0.3, -0.25) is 0 Å². The lowest BCUT2D eigenvalue weighted by atomic mass is 10.0. The highest BCUT2D eigenvalue weighted by atomic mass is 32.1. The molecule has 0 rings (SSSR count). The number of hydrogen-bond donors (Lipinski definition) is 2. The Hall–Kier alpha value is 0.700. The summed E-state index contributed by atoms with van der Waals surface area (Å²) in [6, 6.07) is 0. The number of thiol groups is 2. The number of unbranched alkanes of at least 4 members (excludes halogenated alkanes) is 7. The third-order valence-corrected chi connectivity index (χ3v) is 4.08. The van der Waals surface area contributed by atoms with Gasteiger partial charge >= 0.3 is 0 Å². The van der Waals surface area contributed by atoms with Gasteiger partial charge in [0, 0.05) is 5.25 Å². The third kappa shape index (κ3) is 14.6. The van der Waals surface area contributed by atoms with Crippen molar-refractivity contribution in [2.45, 2.75) is 95.0 Å². The molecule has 17 heavy (non-hydrogen) atoms. The van der Waals surface area contributed by atoms with Gasteiger partial charge in [-0.05, 0) is 24.5 Å². The van der Waals surface area contributed by atoms with Crippen molar-refractivity contribution >= 4 is 25.3 Å². The molecule has 0 aliphatic rings. The normalized spacial score (nSPS) is 14.8. The van der Waals surface area contributed by atoms with Crippen LogP contribution < -0.4 is 0 Å². The van der Waals surface area contributed by atoms with Gasteiger partial charge in [-0.1, -0.05) is 65.2 Å². The van der Waals surface area contributed by atoms with Crippen molar-refractivity contribution in [3.63, 3.8) is 0 Å². The standard InChI is InChI=1S/C15H32S2/c1-3-4-5-6-7-8-9-10-11-15(17)13-12-14(2)16/h14-17H,3-13H2,1-2H3. The maximum Gasteiger partial charge on any atom is 0.00172 e. The minimum atomic E-state index is 0.531. The second-order valence-electron chi connectivity index (χ2n) is 5.34. The van der Waals surface area contributed by atoms with Crippen molar-refractivity contribution < 1.29 is 0 Å². The monoisotopic (exact) mass is 276 g/mol. The van der Waals surface area contributed by atoms with Crippen molar-refractivity contribution in [2.24, 2.45) is 0 Å². The lowest BCUT2D eigenvalue weighted by Gasteiger charge is -2.11. The lowest BCUT2D eigenvalue weighted by Crippen LogP contribution is -2.02. The first kappa shape index (κ1) is 17.7. The Kier molecular flexibility index (Phi) is 13.7. The van der Waals surface area contributed by atoms with Gasteiger partial charge in [0.25, 0.3) is 0 Å². The van der Waals surface area contributed by atoms with E-state index in [-0.39, 0.29) is 0 Å². The number of rotatable bonds is 12. The highest BCUT2D eigenvalue weighted by molar-refractivity contribution is 7.81. The SMILES string of the molecule is CCCCCCCCCCC(S)CCC(C)S. The molecule has 0 radical (unpaired) electrons. The molecule has 0 N–H and O–H groups in total. The van der Waals surface area contributed by atoms with Gasteiger partial charge in [0.05, 0.1) is 0 Å². The van der Waals surface area contributed by atoms with Crippen LogP contribution in [0.15, 0.2) is 0 Å². The first-order valence-corrected chi connectivity index (χ1v) is 8.56. The molecule has 0 aromatic heterocycles. The Morgan fingerprint density at radius 1 is 0.706 bits per heavy atom. The van der Waals surface area contributed by atoms with E-state index in [0.717, 1.165) is 0 Å². The highest BCUT2D eigenvalue weighted by Crippen LogP contribution is 2.17. The van der Waals surface area contributed by atoms with Gasteiger partial charge < -0.3 is 0 Å². The summed E-state index contributed by atoms with van der Waals surface area (Å²) in [6.45, 7) is 4.44. The Morgan fingerprint density at radius 2 is 1.24 bits per heavy atom. The van der Waals surface area contributed by atoms with Crippen LogP contribution >= 0.6 is 25.3 Å². The van der Waals surface area contributed by atoms with E-state index in [1.165, 1.54) is 70.6 Å². The fourth-order valence-electron chi connectivity index (χ4n) is 2.09. The van der Waals surface area contributed by atoms with Gasteiger partial charge in [0.15, 0.2) is 0 Å². The van der Waals surface area contributed by atoms with Gasteiger partial charge in [-0.2, -0.15) is 25.3 Å². The summed E-state index contributed by atoms with van der Waals surface area (Å²) >= 11 is 9.05. The fourth-order valence-corrected chi connectivity index (χ4v) is 2.57. The zero-order chi connectivity index (χ0) is 12.9. The Balaban J connectivity index is 3.11. The van der Waals surface area contributed by atoms with Gasteiger partial charge in [0.2, 0.25) is 0 Å². The molecule has 0 fully saturated rings. The van der Waals surface area contributed by atoms with Gasteiger partial charge in [-0.25, -0.2) is 0 Å². The molecule has 0 aliphatic carbocycles. The van der Waals surface area contributed by atoms with E-state index < -0.39 is 0 Å². The van der Waals surface area contributed by atoms with Crippen LogP contribution in [0.5, 0.6) is 0 Å². The molecular weight excluding hydrogens is 244 g/mol. The van der Waals surface area contributed by atoms with Crippen LogP contribution in [0.25, 0.3) is 0 Å².